The molecular formula is C52H36N2. The molecule has 54 heavy (non-hydrogen) atoms. The predicted octanol–water partition coefficient (Wildman–Crippen LogP) is 14.4. The fourth-order valence-electron chi connectivity index (χ4n) is 8.06. The Hall–Kier alpha value is -7.16. The van der Waals surface area contributed by atoms with E-state index >= 15 is 0 Å². The highest BCUT2D eigenvalue weighted by Gasteiger charge is 2.19. The summed E-state index contributed by atoms with van der Waals surface area (Å²) < 4.78 is 2.44. The molecule has 2 heteroatoms. The van der Waals surface area contributed by atoms with Gasteiger partial charge in [-0.15, -0.1) is 0 Å². The van der Waals surface area contributed by atoms with E-state index in [0.717, 1.165) is 22.7 Å². The van der Waals surface area contributed by atoms with Crippen molar-refractivity contribution in [3.05, 3.63) is 218 Å². The zero-order valence-corrected chi connectivity index (χ0v) is 29.7. The molecule has 0 spiro atoms. The minimum Gasteiger partial charge on any atom is -0.310 e. The summed E-state index contributed by atoms with van der Waals surface area (Å²) in [6.07, 6.45) is 0. The lowest BCUT2D eigenvalue weighted by Gasteiger charge is -2.26. The number of para-hydroxylation sites is 1. The Balaban J connectivity index is 1.15. The predicted molar refractivity (Wildman–Crippen MR) is 229 cm³/mol. The van der Waals surface area contributed by atoms with E-state index in [0.29, 0.717) is 0 Å². The van der Waals surface area contributed by atoms with Crippen molar-refractivity contribution in [2.45, 2.75) is 0 Å². The summed E-state index contributed by atoms with van der Waals surface area (Å²) in [6, 6.07) is 78.8. The van der Waals surface area contributed by atoms with Crippen molar-refractivity contribution >= 4 is 49.6 Å². The number of aromatic nitrogens is 1. The van der Waals surface area contributed by atoms with Gasteiger partial charge in [0.15, 0.2) is 0 Å². The Morgan fingerprint density at radius 2 is 0.852 bits per heavy atom. The zero-order valence-electron chi connectivity index (χ0n) is 29.7. The first kappa shape index (κ1) is 31.6. The molecule has 0 fully saturated rings. The van der Waals surface area contributed by atoms with Crippen LogP contribution >= 0.6 is 0 Å². The van der Waals surface area contributed by atoms with Gasteiger partial charge in [0.25, 0.3) is 0 Å². The maximum absolute atomic E-state index is 2.44. The highest BCUT2D eigenvalue weighted by Crippen LogP contribution is 2.43. The van der Waals surface area contributed by atoms with Crippen molar-refractivity contribution in [2.24, 2.45) is 0 Å². The molecule has 0 aliphatic carbocycles. The number of nitrogens with zero attached hydrogens (tertiary/aromatic N) is 2. The average molecular weight is 689 g/mol. The maximum Gasteiger partial charge on any atom is 0.0547 e. The normalized spacial score (nSPS) is 11.3. The molecule has 0 aliphatic rings. The average Bonchev–Trinajstić information content (AvgIpc) is 3.60. The molecule has 0 saturated heterocycles. The Labute approximate surface area is 315 Å². The fraction of sp³-hybridized carbons (Fsp3) is 0. The Bertz CT molecular complexity index is 2810. The molecule has 2 nitrogen and oxygen atoms in total. The van der Waals surface area contributed by atoms with Crippen molar-refractivity contribution in [3.63, 3.8) is 0 Å². The third-order valence-electron chi connectivity index (χ3n) is 10.6. The summed E-state index contributed by atoms with van der Waals surface area (Å²) in [5, 5.41) is 5.05. The van der Waals surface area contributed by atoms with Crippen LogP contribution in [0.1, 0.15) is 0 Å². The lowest BCUT2D eigenvalue weighted by atomic mass is 9.94. The summed E-state index contributed by atoms with van der Waals surface area (Å²) >= 11 is 0. The Morgan fingerprint density at radius 1 is 0.315 bits per heavy atom. The zero-order chi connectivity index (χ0) is 35.8. The summed E-state index contributed by atoms with van der Waals surface area (Å²) in [5.41, 5.74) is 14.0. The molecule has 10 aromatic rings. The van der Waals surface area contributed by atoms with E-state index < -0.39 is 0 Å². The number of hydrogen-bond acceptors (Lipinski definition) is 1. The highest BCUT2D eigenvalue weighted by molar-refractivity contribution is 6.24. The van der Waals surface area contributed by atoms with E-state index in [1.165, 1.54) is 66.0 Å². The molecule has 0 saturated carbocycles. The molecule has 0 unspecified atom stereocenters. The van der Waals surface area contributed by atoms with E-state index in [1.807, 2.05) is 0 Å². The van der Waals surface area contributed by atoms with Crippen LogP contribution in [0.25, 0.3) is 71.6 Å². The first-order valence-corrected chi connectivity index (χ1v) is 18.5. The largest absolute Gasteiger partial charge is 0.310 e. The van der Waals surface area contributed by atoms with Crippen LogP contribution in [0.5, 0.6) is 0 Å². The molecule has 0 atom stereocenters. The van der Waals surface area contributed by atoms with Gasteiger partial charge in [-0.25, -0.2) is 0 Å². The van der Waals surface area contributed by atoms with Crippen LogP contribution in [-0.4, -0.2) is 4.57 Å². The standard InChI is InChI=1S/C52H36N2/c1-4-14-37(15-5-1)39-26-31-43(32-27-39)53(44-33-28-40(29-34-44)38-16-6-2-7-17-38)45-21-13-22-46(36-45)54-49-25-11-10-23-48(49)52-50(54)35-30-42-20-12-24-47(51(42)52)41-18-8-3-9-19-41/h1-36H. The van der Waals surface area contributed by atoms with E-state index in [4.69, 9.17) is 0 Å². The summed E-state index contributed by atoms with van der Waals surface area (Å²) in [4.78, 5) is 2.36. The van der Waals surface area contributed by atoms with Crippen LogP contribution in [0.3, 0.4) is 0 Å². The summed E-state index contributed by atoms with van der Waals surface area (Å²) in [6.45, 7) is 0. The molecular weight excluding hydrogens is 653 g/mol. The van der Waals surface area contributed by atoms with Crippen LogP contribution in [0.4, 0.5) is 17.1 Å². The minimum atomic E-state index is 1.09. The van der Waals surface area contributed by atoms with E-state index in [2.05, 4.69) is 228 Å². The van der Waals surface area contributed by atoms with Gasteiger partial charge in [-0.1, -0.05) is 164 Å². The fourth-order valence-corrected chi connectivity index (χ4v) is 8.06. The van der Waals surface area contributed by atoms with Crippen LogP contribution in [0.2, 0.25) is 0 Å². The van der Waals surface area contributed by atoms with Crippen molar-refractivity contribution in [3.8, 4) is 39.1 Å². The molecule has 10 rings (SSSR count). The molecule has 0 bridgehead atoms. The summed E-state index contributed by atoms with van der Waals surface area (Å²) in [5.74, 6) is 0. The second-order valence-electron chi connectivity index (χ2n) is 13.8. The van der Waals surface area contributed by atoms with Crippen LogP contribution in [-0.2, 0) is 0 Å². The van der Waals surface area contributed by atoms with Crippen molar-refractivity contribution in [1.29, 1.82) is 0 Å². The number of rotatable bonds is 7. The van der Waals surface area contributed by atoms with Gasteiger partial charge in [0.05, 0.1) is 11.0 Å². The van der Waals surface area contributed by atoms with Crippen LogP contribution in [0.15, 0.2) is 218 Å². The lowest BCUT2D eigenvalue weighted by Crippen LogP contribution is -2.10. The molecule has 0 amide bonds. The SMILES string of the molecule is c1ccc(-c2ccc(N(c3ccc(-c4ccccc4)cc3)c3cccc(-n4c5ccccc5c5c6c(-c7ccccc7)cccc6ccc54)c3)cc2)cc1. The Morgan fingerprint density at radius 3 is 1.48 bits per heavy atom. The van der Waals surface area contributed by atoms with Gasteiger partial charge in [-0.3, -0.25) is 0 Å². The molecule has 0 radical (unpaired) electrons. The molecule has 1 aromatic heterocycles. The number of fused-ring (bicyclic) bond motifs is 5. The smallest absolute Gasteiger partial charge is 0.0547 e. The minimum absolute atomic E-state index is 1.09. The third-order valence-corrected chi connectivity index (χ3v) is 10.6. The van der Waals surface area contributed by atoms with Gasteiger partial charge >= 0.3 is 0 Å². The monoisotopic (exact) mass is 688 g/mol. The van der Waals surface area contributed by atoms with Gasteiger partial charge in [-0.2, -0.15) is 0 Å². The van der Waals surface area contributed by atoms with Crippen LogP contribution < -0.4 is 4.90 Å². The van der Waals surface area contributed by atoms with Crippen molar-refractivity contribution in [1.82, 2.24) is 4.57 Å². The van der Waals surface area contributed by atoms with Gasteiger partial charge < -0.3 is 9.47 Å². The van der Waals surface area contributed by atoms with Gasteiger partial charge in [0.2, 0.25) is 0 Å². The van der Waals surface area contributed by atoms with Gasteiger partial charge in [0.1, 0.15) is 0 Å². The Kier molecular flexibility index (Phi) is 7.85. The second-order valence-corrected chi connectivity index (χ2v) is 13.8. The summed E-state index contributed by atoms with van der Waals surface area (Å²) in [7, 11) is 0. The quantitative estimate of drug-likeness (QED) is 0.162. The van der Waals surface area contributed by atoms with E-state index in [1.54, 1.807) is 0 Å². The first-order chi connectivity index (χ1) is 26.8. The molecule has 254 valence electrons. The number of benzene rings is 9. The molecule has 9 aromatic carbocycles. The van der Waals surface area contributed by atoms with Gasteiger partial charge in [-0.05, 0) is 98.8 Å². The molecule has 0 N–H and O–H groups in total. The lowest BCUT2D eigenvalue weighted by molar-refractivity contribution is 1.17. The molecule has 0 aliphatic heterocycles. The third kappa shape index (κ3) is 5.53. The maximum atomic E-state index is 2.44. The van der Waals surface area contributed by atoms with E-state index in [9.17, 15) is 0 Å². The van der Waals surface area contributed by atoms with Crippen LogP contribution in [0, 0.1) is 0 Å². The first-order valence-electron chi connectivity index (χ1n) is 18.5. The second kappa shape index (κ2) is 13.4. The van der Waals surface area contributed by atoms with E-state index in [-0.39, 0.29) is 0 Å². The van der Waals surface area contributed by atoms with Crippen molar-refractivity contribution in [2.75, 3.05) is 4.90 Å². The van der Waals surface area contributed by atoms with Crippen molar-refractivity contribution < 1.29 is 0 Å². The topological polar surface area (TPSA) is 8.17 Å². The number of anilines is 3. The number of hydrogen-bond donors (Lipinski definition) is 0. The van der Waals surface area contributed by atoms with Gasteiger partial charge in [0, 0.05) is 33.5 Å². The molecule has 1 heterocycles. The highest BCUT2D eigenvalue weighted by atomic mass is 15.1.